The predicted molar refractivity (Wildman–Crippen MR) is 82.3 cm³/mol. The average Bonchev–Trinajstić information content (AvgIpc) is 2.45. The van der Waals surface area contributed by atoms with E-state index in [4.69, 9.17) is 23.2 Å². The fourth-order valence-electron chi connectivity index (χ4n) is 1.84. The minimum atomic E-state index is -4.91. The van der Waals surface area contributed by atoms with Crippen molar-refractivity contribution in [3.8, 4) is 0 Å². The van der Waals surface area contributed by atoms with E-state index in [0.29, 0.717) is 0 Å². The molecule has 26 heavy (non-hydrogen) atoms. The molecule has 0 amide bonds. The van der Waals surface area contributed by atoms with Crippen LogP contribution in [0.15, 0.2) is 46.2 Å². The van der Waals surface area contributed by atoms with Gasteiger partial charge < -0.3 is 9.11 Å². The maximum absolute atomic E-state index is 12.3. The minimum absolute atomic E-state index is 0. The normalized spacial score (nSPS) is 11.2. The van der Waals surface area contributed by atoms with Crippen LogP contribution in [0.4, 0.5) is 0 Å². The van der Waals surface area contributed by atoms with Gasteiger partial charge in [0.15, 0.2) is 5.78 Å². The van der Waals surface area contributed by atoms with Crippen LogP contribution in [0.1, 0.15) is 15.9 Å². The van der Waals surface area contributed by atoms with Gasteiger partial charge in [0.05, 0.1) is 19.8 Å². The second kappa shape index (κ2) is 9.82. The summed E-state index contributed by atoms with van der Waals surface area (Å²) in [6.45, 7) is 0. The van der Waals surface area contributed by atoms with Crippen LogP contribution in [0, 0.1) is 0 Å². The van der Waals surface area contributed by atoms with E-state index < -0.39 is 35.8 Å². The number of halogens is 2. The number of rotatable bonds is 4. The van der Waals surface area contributed by atoms with E-state index in [2.05, 4.69) is 0 Å². The Morgan fingerprint density at radius 1 is 0.731 bits per heavy atom. The van der Waals surface area contributed by atoms with Crippen LogP contribution in [-0.2, 0) is 20.2 Å². The molecule has 2 rings (SSSR count). The van der Waals surface area contributed by atoms with Gasteiger partial charge in [-0.1, -0.05) is 23.2 Å². The Morgan fingerprint density at radius 2 is 1.04 bits per heavy atom. The molecule has 0 aliphatic carbocycles. The molecule has 0 aromatic heterocycles. The smallest absolute Gasteiger partial charge is 0.744 e. The summed E-state index contributed by atoms with van der Waals surface area (Å²) in [5, 5.41) is -0.721. The Hall–Kier alpha value is 0.510. The largest absolute Gasteiger partial charge is 1.00 e. The zero-order valence-corrected chi connectivity index (χ0v) is 20.5. The van der Waals surface area contributed by atoms with Crippen molar-refractivity contribution in [1.82, 2.24) is 0 Å². The first kappa shape index (κ1) is 26.5. The first-order valence-corrected chi connectivity index (χ1v) is 9.54. The standard InChI is InChI=1S/C13H8Cl2O7S2.2Na/c14-9-3-1-7(5-11(9)23(17,18)19)13(16)8-2-4-10(15)12(6-8)24(20,21)22;;/h1-6H,(H,17,18,19)(H,20,21,22);;/q;2*+1/p-2. The third kappa shape index (κ3) is 6.26. The van der Waals surface area contributed by atoms with Gasteiger partial charge in [-0.05, 0) is 36.4 Å². The summed E-state index contributed by atoms with van der Waals surface area (Å²) >= 11 is 11.2. The van der Waals surface area contributed by atoms with Gasteiger partial charge in [0.2, 0.25) is 0 Å². The van der Waals surface area contributed by atoms with Crippen LogP contribution in [-0.4, -0.2) is 31.7 Å². The van der Waals surface area contributed by atoms with Gasteiger partial charge in [-0.25, -0.2) is 16.8 Å². The Labute approximate surface area is 204 Å². The topological polar surface area (TPSA) is 131 Å². The molecule has 0 atom stereocenters. The summed E-state index contributed by atoms with van der Waals surface area (Å²) in [5.41, 5.74) is -0.462. The van der Waals surface area contributed by atoms with Gasteiger partial charge in [-0.15, -0.1) is 0 Å². The van der Waals surface area contributed by atoms with E-state index in [1.165, 1.54) is 0 Å². The molecule has 0 heterocycles. The van der Waals surface area contributed by atoms with Gasteiger partial charge >= 0.3 is 59.1 Å². The molecule has 0 aliphatic heterocycles. The van der Waals surface area contributed by atoms with Gasteiger partial charge in [0.25, 0.3) is 0 Å². The number of carbonyl (C=O) groups is 1. The van der Waals surface area contributed by atoms with Crippen molar-refractivity contribution >= 4 is 49.2 Å². The summed E-state index contributed by atoms with van der Waals surface area (Å²) in [5.74, 6) is -0.821. The molecule has 0 saturated heterocycles. The number of carbonyl (C=O) groups excluding carboxylic acids is 1. The Morgan fingerprint density at radius 3 is 1.31 bits per heavy atom. The molecule has 0 aliphatic rings. The molecule has 0 saturated carbocycles. The molecule has 2 aromatic carbocycles. The monoisotopic (exact) mass is 454 g/mol. The van der Waals surface area contributed by atoms with Crippen molar-refractivity contribution in [1.29, 1.82) is 0 Å². The first-order chi connectivity index (χ1) is 10.9. The van der Waals surface area contributed by atoms with Crippen LogP contribution >= 0.6 is 23.2 Å². The maximum Gasteiger partial charge on any atom is 1.00 e. The minimum Gasteiger partial charge on any atom is -0.744 e. The van der Waals surface area contributed by atoms with E-state index in [1.54, 1.807) is 0 Å². The summed E-state index contributed by atoms with van der Waals surface area (Å²) in [6, 6.07) is 5.93. The molecule has 13 heteroatoms. The third-order valence-corrected chi connectivity index (χ3v) is 5.56. The molecule has 0 unspecified atom stereocenters. The summed E-state index contributed by atoms with van der Waals surface area (Å²) < 4.78 is 66.6. The maximum atomic E-state index is 12.3. The van der Waals surface area contributed by atoms with Crippen molar-refractivity contribution in [3.05, 3.63) is 57.6 Å². The number of hydrogen-bond acceptors (Lipinski definition) is 7. The molecule has 128 valence electrons. The Bertz CT molecular complexity index is 971. The van der Waals surface area contributed by atoms with Crippen molar-refractivity contribution in [2.45, 2.75) is 9.79 Å². The Balaban J connectivity index is 0.00000312. The molecule has 0 fully saturated rings. The average molecular weight is 455 g/mol. The Kier molecular flexibility index (Phi) is 10.0. The van der Waals surface area contributed by atoms with E-state index in [0.717, 1.165) is 36.4 Å². The fraction of sp³-hybridized carbons (Fsp3) is 0. The number of hydrogen-bond donors (Lipinski definition) is 0. The van der Waals surface area contributed by atoms with Crippen molar-refractivity contribution in [2.24, 2.45) is 0 Å². The van der Waals surface area contributed by atoms with Gasteiger partial charge in [-0.3, -0.25) is 4.79 Å². The third-order valence-electron chi connectivity index (χ3n) is 2.93. The van der Waals surface area contributed by atoms with E-state index in [1.807, 2.05) is 0 Å². The van der Waals surface area contributed by atoms with Crippen LogP contribution in [0.25, 0.3) is 0 Å². The summed E-state index contributed by atoms with van der Waals surface area (Å²) in [4.78, 5) is 10.8. The second-order valence-corrected chi connectivity index (χ2v) is 8.04. The van der Waals surface area contributed by atoms with E-state index in [-0.39, 0.29) is 80.3 Å². The molecule has 7 nitrogen and oxygen atoms in total. The van der Waals surface area contributed by atoms with E-state index >= 15 is 0 Å². The molecule has 0 radical (unpaired) electrons. The van der Waals surface area contributed by atoms with Crippen LogP contribution in [0.2, 0.25) is 10.0 Å². The summed E-state index contributed by atoms with van der Waals surface area (Å²) in [7, 11) is -9.82. The quantitative estimate of drug-likeness (QED) is 0.261. The zero-order valence-electron chi connectivity index (χ0n) is 13.4. The van der Waals surface area contributed by atoms with E-state index in [9.17, 15) is 30.7 Å². The van der Waals surface area contributed by atoms with Crippen molar-refractivity contribution in [3.63, 3.8) is 0 Å². The number of ketones is 1. The first-order valence-electron chi connectivity index (χ1n) is 5.97. The van der Waals surface area contributed by atoms with Crippen molar-refractivity contribution in [2.75, 3.05) is 0 Å². The molecule has 2 aromatic rings. The van der Waals surface area contributed by atoms with Crippen LogP contribution < -0.4 is 59.1 Å². The second-order valence-electron chi connectivity index (χ2n) is 4.53. The fourth-order valence-corrected chi connectivity index (χ4v) is 3.80. The van der Waals surface area contributed by atoms with Crippen molar-refractivity contribution < 1.29 is 89.9 Å². The van der Waals surface area contributed by atoms with Gasteiger partial charge in [0, 0.05) is 11.1 Å². The van der Waals surface area contributed by atoms with Gasteiger partial charge in [0.1, 0.15) is 20.2 Å². The zero-order chi connectivity index (χ0) is 18.3. The summed E-state index contributed by atoms with van der Waals surface area (Å²) in [6.07, 6.45) is 0. The predicted octanol–water partition coefficient (Wildman–Crippen LogP) is -3.96. The molecule has 0 N–H and O–H groups in total. The molecule has 0 bridgehead atoms. The number of benzene rings is 2. The van der Waals surface area contributed by atoms with Gasteiger partial charge in [-0.2, -0.15) is 0 Å². The molecule has 0 spiro atoms. The molecular weight excluding hydrogens is 449 g/mol. The SMILES string of the molecule is O=C(c1ccc(Cl)c(S(=O)(=O)[O-])c1)c1ccc(Cl)c(S(=O)(=O)[O-])c1.[Na+].[Na+]. The van der Waals surface area contributed by atoms with Crippen LogP contribution in [0.5, 0.6) is 0 Å². The van der Waals surface area contributed by atoms with Crippen LogP contribution in [0.3, 0.4) is 0 Å². The molecular formula is C13H6Cl2Na2O7S2.